The first-order valence-corrected chi connectivity index (χ1v) is 5.60. The number of hydrogen-bond donors (Lipinski definition) is 2. The Bertz CT molecular complexity index is 571. The predicted molar refractivity (Wildman–Crippen MR) is 69.4 cm³/mol. The number of aromatic hydroxyl groups is 2. The van der Waals surface area contributed by atoms with Crippen LogP contribution >= 0.6 is 0 Å². The number of rotatable bonds is 1. The van der Waals surface area contributed by atoms with Crippen molar-refractivity contribution in [3.05, 3.63) is 47.0 Å². The summed E-state index contributed by atoms with van der Waals surface area (Å²) in [4.78, 5) is 0. The maximum absolute atomic E-state index is 9.97. The molecule has 0 atom stereocenters. The Balaban J connectivity index is 2.68. The Hall–Kier alpha value is -1.96. The van der Waals surface area contributed by atoms with Crippen LogP contribution in [0, 0.1) is 20.8 Å². The maximum atomic E-state index is 9.97. The third-order valence-corrected chi connectivity index (χ3v) is 3.20. The molecule has 2 aromatic carbocycles. The molecule has 2 N–H and O–H groups in total. The molecule has 0 bridgehead atoms. The topological polar surface area (TPSA) is 40.5 Å². The van der Waals surface area contributed by atoms with Crippen LogP contribution in [0.1, 0.15) is 16.7 Å². The van der Waals surface area contributed by atoms with E-state index in [0.29, 0.717) is 0 Å². The normalized spacial score (nSPS) is 10.5. The smallest absolute Gasteiger partial charge is 0.123 e. The van der Waals surface area contributed by atoms with Crippen molar-refractivity contribution in [2.75, 3.05) is 0 Å². The fourth-order valence-corrected chi connectivity index (χ4v) is 1.98. The summed E-state index contributed by atoms with van der Waals surface area (Å²) in [5.74, 6) is 0.553. The second-order valence-electron chi connectivity index (χ2n) is 4.40. The zero-order valence-electron chi connectivity index (χ0n) is 10.3. The van der Waals surface area contributed by atoms with Crippen LogP contribution in [0.5, 0.6) is 11.5 Å². The molecule has 0 fully saturated rings. The Morgan fingerprint density at radius 1 is 0.765 bits per heavy atom. The standard InChI is InChI=1S/C15H16O2/c1-9-4-6-14(17)15(11(9)3)12-5-7-13(16)10(2)8-12/h4-8,16-17H,1-3H3. The molecule has 2 aromatic rings. The molecule has 2 nitrogen and oxygen atoms in total. The Kier molecular flexibility index (Phi) is 2.80. The van der Waals surface area contributed by atoms with Gasteiger partial charge in [0.05, 0.1) is 0 Å². The van der Waals surface area contributed by atoms with Crippen molar-refractivity contribution in [2.45, 2.75) is 20.8 Å². The molecule has 88 valence electrons. The van der Waals surface area contributed by atoms with Crippen LogP contribution in [0.2, 0.25) is 0 Å². The summed E-state index contributed by atoms with van der Waals surface area (Å²) in [6, 6.07) is 8.98. The van der Waals surface area contributed by atoms with E-state index >= 15 is 0 Å². The molecule has 0 spiro atoms. The lowest BCUT2D eigenvalue weighted by Gasteiger charge is -2.12. The lowest BCUT2D eigenvalue weighted by atomic mass is 9.95. The minimum absolute atomic E-state index is 0.276. The average Bonchev–Trinajstić information content (AvgIpc) is 2.29. The van der Waals surface area contributed by atoms with Crippen LogP contribution in [0.15, 0.2) is 30.3 Å². The molecular formula is C15H16O2. The van der Waals surface area contributed by atoms with Gasteiger partial charge in [0.1, 0.15) is 11.5 Å². The fraction of sp³-hybridized carbons (Fsp3) is 0.200. The van der Waals surface area contributed by atoms with Crippen molar-refractivity contribution in [3.8, 4) is 22.6 Å². The Morgan fingerprint density at radius 3 is 2.06 bits per heavy atom. The molecule has 0 radical (unpaired) electrons. The lowest BCUT2D eigenvalue weighted by Crippen LogP contribution is -1.89. The first-order chi connectivity index (χ1) is 8.00. The third-order valence-electron chi connectivity index (χ3n) is 3.20. The highest BCUT2D eigenvalue weighted by Crippen LogP contribution is 2.35. The molecule has 0 saturated heterocycles. The lowest BCUT2D eigenvalue weighted by molar-refractivity contribution is 0.470. The molecule has 0 aliphatic carbocycles. The van der Waals surface area contributed by atoms with Crippen molar-refractivity contribution in [1.29, 1.82) is 0 Å². The summed E-state index contributed by atoms with van der Waals surface area (Å²) in [5, 5.41) is 19.5. The van der Waals surface area contributed by atoms with Crippen molar-refractivity contribution in [2.24, 2.45) is 0 Å². The molecule has 0 aliphatic rings. The van der Waals surface area contributed by atoms with E-state index < -0.39 is 0 Å². The van der Waals surface area contributed by atoms with Gasteiger partial charge in [-0.3, -0.25) is 0 Å². The first-order valence-electron chi connectivity index (χ1n) is 5.60. The zero-order chi connectivity index (χ0) is 12.6. The summed E-state index contributed by atoms with van der Waals surface area (Å²) in [6.07, 6.45) is 0. The van der Waals surface area contributed by atoms with Gasteiger partial charge >= 0.3 is 0 Å². The van der Waals surface area contributed by atoms with Gasteiger partial charge in [0.2, 0.25) is 0 Å². The van der Waals surface area contributed by atoms with Crippen LogP contribution in [0.4, 0.5) is 0 Å². The van der Waals surface area contributed by atoms with Crippen molar-refractivity contribution in [1.82, 2.24) is 0 Å². The summed E-state index contributed by atoms with van der Waals surface area (Å²) in [7, 11) is 0. The number of phenols is 2. The second-order valence-corrected chi connectivity index (χ2v) is 4.40. The van der Waals surface area contributed by atoms with Crippen LogP contribution in [-0.2, 0) is 0 Å². The van der Waals surface area contributed by atoms with Gasteiger partial charge in [-0.1, -0.05) is 12.1 Å². The molecule has 2 rings (SSSR count). The van der Waals surface area contributed by atoms with E-state index in [0.717, 1.165) is 27.8 Å². The predicted octanol–water partition coefficient (Wildman–Crippen LogP) is 3.69. The van der Waals surface area contributed by atoms with Crippen LogP contribution in [-0.4, -0.2) is 10.2 Å². The molecule has 17 heavy (non-hydrogen) atoms. The average molecular weight is 228 g/mol. The maximum Gasteiger partial charge on any atom is 0.123 e. The minimum atomic E-state index is 0.276. The minimum Gasteiger partial charge on any atom is -0.508 e. The summed E-state index contributed by atoms with van der Waals surface area (Å²) < 4.78 is 0. The molecule has 0 aromatic heterocycles. The first kappa shape index (κ1) is 11.5. The van der Waals surface area contributed by atoms with Gasteiger partial charge in [0.25, 0.3) is 0 Å². The summed E-state index contributed by atoms with van der Waals surface area (Å²) in [5.41, 5.74) is 4.79. The van der Waals surface area contributed by atoms with E-state index in [1.165, 1.54) is 0 Å². The number of aryl methyl sites for hydroxylation is 2. The Labute approximate surface area is 101 Å². The van der Waals surface area contributed by atoms with Gasteiger partial charge in [-0.2, -0.15) is 0 Å². The molecule has 0 amide bonds. The van der Waals surface area contributed by atoms with Crippen LogP contribution < -0.4 is 0 Å². The molecule has 2 heteroatoms. The third kappa shape index (κ3) is 1.98. The SMILES string of the molecule is Cc1cc(-c2c(O)ccc(C)c2C)ccc1O. The Morgan fingerprint density at radius 2 is 1.41 bits per heavy atom. The van der Waals surface area contributed by atoms with Crippen molar-refractivity contribution in [3.63, 3.8) is 0 Å². The van der Waals surface area contributed by atoms with E-state index in [9.17, 15) is 10.2 Å². The molecule has 0 aliphatic heterocycles. The second kappa shape index (κ2) is 4.13. The number of benzene rings is 2. The highest BCUT2D eigenvalue weighted by molar-refractivity contribution is 5.75. The van der Waals surface area contributed by atoms with E-state index in [1.54, 1.807) is 12.1 Å². The van der Waals surface area contributed by atoms with E-state index in [1.807, 2.05) is 39.0 Å². The molecular weight excluding hydrogens is 212 g/mol. The van der Waals surface area contributed by atoms with Gasteiger partial charge < -0.3 is 10.2 Å². The van der Waals surface area contributed by atoms with Gasteiger partial charge in [-0.25, -0.2) is 0 Å². The van der Waals surface area contributed by atoms with Crippen molar-refractivity contribution < 1.29 is 10.2 Å². The van der Waals surface area contributed by atoms with E-state index in [-0.39, 0.29) is 11.5 Å². The summed E-state index contributed by atoms with van der Waals surface area (Å²) in [6.45, 7) is 5.86. The van der Waals surface area contributed by atoms with Gasteiger partial charge in [-0.15, -0.1) is 0 Å². The number of phenolic OH excluding ortho intramolecular Hbond substituents is 2. The van der Waals surface area contributed by atoms with Gasteiger partial charge in [0.15, 0.2) is 0 Å². The van der Waals surface area contributed by atoms with E-state index in [2.05, 4.69) is 0 Å². The molecule has 0 saturated carbocycles. The molecule has 0 heterocycles. The van der Waals surface area contributed by atoms with Gasteiger partial charge in [0, 0.05) is 5.56 Å². The number of hydrogen-bond acceptors (Lipinski definition) is 2. The quantitative estimate of drug-likeness (QED) is 0.781. The van der Waals surface area contributed by atoms with Crippen molar-refractivity contribution >= 4 is 0 Å². The highest BCUT2D eigenvalue weighted by Gasteiger charge is 2.10. The van der Waals surface area contributed by atoms with Gasteiger partial charge in [-0.05, 0) is 61.2 Å². The highest BCUT2D eigenvalue weighted by atomic mass is 16.3. The summed E-state index contributed by atoms with van der Waals surface area (Å²) >= 11 is 0. The van der Waals surface area contributed by atoms with Crippen LogP contribution in [0.3, 0.4) is 0 Å². The zero-order valence-corrected chi connectivity index (χ0v) is 10.3. The van der Waals surface area contributed by atoms with E-state index in [4.69, 9.17) is 0 Å². The molecule has 0 unspecified atom stereocenters. The monoisotopic (exact) mass is 228 g/mol. The van der Waals surface area contributed by atoms with Crippen LogP contribution in [0.25, 0.3) is 11.1 Å². The largest absolute Gasteiger partial charge is 0.508 e. The fourth-order valence-electron chi connectivity index (χ4n) is 1.98.